The molecule has 0 aromatic carbocycles. The number of rotatable bonds is 7. The van der Waals surface area contributed by atoms with Gasteiger partial charge in [0.05, 0.1) is 6.61 Å². The summed E-state index contributed by atoms with van der Waals surface area (Å²) in [4.78, 5) is -0.0390. The molecule has 0 bridgehead atoms. The second-order valence-corrected chi connectivity index (χ2v) is 5.73. The third-order valence-corrected chi connectivity index (χ3v) is 4.07. The molecule has 0 aliphatic heterocycles. The number of sulfonamides is 1. The fourth-order valence-corrected chi connectivity index (χ4v) is 2.88. The Kier molecular flexibility index (Phi) is 5.12. The molecule has 7 nitrogen and oxygen atoms in total. The average molecular weight is 276 g/mol. The third-order valence-electron chi connectivity index (χ3n) is 2.53. The van der Waals surface area contributed by atoms with Crippen LogP contribution in [0, 0.1) is 0 Å². The highest BCUT2D eigenvalue weighted by Crippen LogP contribution is 2.16. The monoisotopic (exact) mass is 276 g/mol. The summed E-state index contributed by atoms with van der Waals surface area (Å²) in [5.74, 6) is -0.0243. The van der Waals surface area contributed by atoms with Gasteiger partial charge in [-0.25, -0.2) is 13.1 Å². The fourth-order valence-electron chi connectivity index (χ4n) is 1.50. The van der Waals surface area contributed by atoms with E-state index in [1.165, 1.54) is 10.9 Å². The number of anilines is 1. The van der Waals surface area contributed by atoms with Crippen LogP contribution in [-0.4, -0.2) is 36.0 Å². The van der Waals surface area contributed by atoms with Gasteiger partial charge in [0.2, 0.25) is 10.0 Å². The Morgan fingerprint density at radius 3 is 2.72 bits per heavy atom. The predicted octanol–water partition coefficient (Wildman–Crippen LogP) is -0.0755. The molecule has 18 heavy (non-hydrogen) atoms. The summed E-state index contributed by atoms with van der Waals surface area (Å²) in [6.07, 6.45) is 2.74. The normalized spacial score (nSPS) is 13.7. The van der Waals surface area contributed by atoms with Gasteiger partial charge in [-0.15, -0.1) is 0 Å². The van der Waals surface area contributed by atoms with E-state index < -0.39 is 16.1 Å². The molecule has 0 aliphatic carbocycles. The molecule has 1 aromatic rings. The topological polar surface area (TPSA) is 110 Å². The van der Waals surface area contributed by atoms with E-state index in [2.05, 4.69) is 9.82 Å². The number of aryl methyl sites for hydroxylation is 1. The largest absolute Gasteiger partial charge is 0.395 e. The lowest BCUT2D eigenvalue weighted by atomic mass is 10.3. The van der Waals surface area contributed by atoms with Gasteiger partial charge in [0.1, 0.15) is 4.90 Å². The molecule has 0 fully saturated rings. The van der Waals surface area contributed by atoms with Gasteiger partial charge in [-0.05, 0) is 12.8 Å². The Morgan fingerprint density at radius 2 is 2.22 bits per heavy atom. The van der Waals surface area contributed by atoms with Crippen molar-refractivity contribution in [3.8, 4) is 0 Å². The van der Waals surface area contributed by atoms with E-state index in [1.807, 2.05) is 6.92 Å². The maximum absolute atomic E-state index is 12.0. The van der Waals surface area contributed by atoms with Crippen molar-refractivity contribution in [3.63, 3.8) is 0 Å². The van der Waals surface area contributed by atoms with Crippen LogP contribution in [0.3, 0.4) is 0 Å². The summed E-state index contributed by atoms with van der Waals surface area (Å²) in [7, 11) is -3.73. The highest BCUT2D eigenvalue weighted by Gasteiger charge is 2.23. The maximum Gasteiger partial charge on any atom is 0.246 e. The van der Waals surface area contributed by atoms with Crippen LogP contribution in [0.5, 0.6) is 0 Å². The van der Waals surface area contributed by atoms with E-state index in [4.69, 9.17) is 10.8 Å². The molecule has 0 amide bonds. The summed E-state index contributed by atoms with van der Waals surface area (Å²) in [5.41, 5.74) is 5.60. The second kappa shape index (κ2) is 6.17. The van der Waals surface area contributed by atoms with Gasteiger partial charge in [-0.2, -0.15) is 5.10 Å². The van der Waals surface area contributed by atoms with Crippen molar-refractivity contribution in [1.29, 1.82) is 0 Å². The van der Waals surface area contributed by atoms with Crippen molar-refractivity contribution in [2.45, 2.75) is 44.2 Å². The molecular formula is C10H20N4O3S. The molecule has 0 saturated heterocycles. The molecule has 4 N–H and O–H groups in total. The van der Waals surface area contributed by atoms with Crippen molar-refractivity contribution in [3.05, 3.63) is 6.20 Å². The van der Waals surface area contributed by atoms with Gasteiger partial charge < -0.3 is 10.8 Å². The highest BCUT2D eigenvalue weighted by molar-refractivity contribution is 7.89. The summed E-state index contributed by atoms with van der Waals surface area (Å²) in [6.45, 7) is 4.10. The Balaban J connectivity index is 2.97. The van der Waals surface area contributed by atoms with Crippen molar-refractivity contribution in [1.82, 2.24) is 14.5 Å². The van der Waals surface area contributed by atoms with Crippen LogP contribution >= 0.6 is 0 Å². The first-order chi connectivity index (χ1) is 8.44. The molecule has 1 atom stereocenters. The predicted molar refractivity (Wildman–Crippen MR) is 68.4 cm³/mol. The van der Waals surface area contributed by atoms with E-state index in [0.717, 1.165) is 6.42 Å². The van der Waals surface area contributed by atoms with Crippen LogP contribution in [0.4, 0.5) is 5.82 Å². The van der Waals surface area contributed by atoms with E-state index >= 15 is 0 Å². The lowest BCUT2D eigenvalue weighted by Gasteiger charge is -2.13. The second-order valence-electron chi connectivity index (χ2n) is 4.05. The Labute approximate surface area is 107 Å². The molecule has 1 rings (SSSR count). The molecule has 0 aliphatic rings. The van der Waals surface area contributed by atoms with Crippen LogP contribution in [-0.2, 0) is 16.6 Å². The van der Waals surface area contributed by atoms with Gasteiger partial charge >= 0.3 is 0 Å². The van der Waals surface area contributed by atoms with Crippen molar-refractivity contribution in [2.24, 2.45) is 0 Å². The Bertz CT molecular complexity index is 479. The first kappa shape index (κ1) is 14.9. The lowest BCUT2D eigenvalue weighted by molar-refractivity contribution is 0.254. The number of hydrogen-bond acceptors (Lipinski definition) is 5. The van der Waals surface area contributed by atoms with Crippen LogP contribution in [0.1, 0.15) is 26.7 Å². The van der Waals surface area contributed by atoms with E-state index in [1.54, 1.807) is 6.92 Å². The number of aliphatic hydroxyl groups is 1. The summed E-state index contributed by atoms with van der Waals surface area (Å²) in [5, 5.41) is 13.0. The zero-order valence-corrected chi connectivity index (χ0v) is 11.4. The van der Waals surface area contributed by atoms with E-state index in [9.17, 15) is 8.42 Å². The Hall–Kier alpha value is -1.12. The van der Waals surface area contributed by atoms with Crippen molar-refractivity contribution >= 4 is 15.8 Å². The smallest absolute Gasteiger partial charge is 0.246 e. The zero-order chi connectivity index (χ0) is 13.8. The average Bonchev–Trinajstić information content (AvgIpc) is 2.68. The van der Waals surface area contributed by atoms with Crippen molar-refractivity contribution in [2.75, 3.05) is 12.3 Å². The zero-order valence-electron chi connectivity index (χ0n) is 10.6. The van der Waals surface area contributed by atoms with Gasteiger partial charge in [-0.3, -0.25) is 4.68 Å². The molecular weight excluding hydrogens is 256 g/mol. The minimum Gasteiger partial charge on any atom is -0.395 e. The lowest BCUT2D eigenvalue weighted by Crippen LogP contribution is -2.37. The number of nitrogens with one attached hydrogen (secondary N) is 1. The number of nitrogen functional groups attached to an aromatic ring is 1. The molecule has 0 spiro atoms. The summed E-state index contributed by atoms with van der Waals surface area (Å²) >= 11 is 0. The highest BCUT2D eigenvalue weighted by atomic mass is 32.2. The van der Waals surface area contributed by atoms with Gasteiger partial charge in [0.25, 0.3) is 0 Å². The number of aliphatic hydroxyl groups excluding tert-OH is 1. The number of hydrogen-bond donors (Lipinski definition) is 3. The molecule has 1 aromatic heterocycles. The number of aromatic nitrogens is 2. The minimum absolute atomic E-state index is 0.0243. The quantitative estimate of drug-likeness (QED) is 0.645. The minimum atomic E-state index is -3.73. The Morgan fingerprint density at radius 1 is 1.56 bits per heavy atom. The van der Waals surface area contributed by atoms with Crippen LogP contribution in [0.25, 0.3) is 0 Å². The first-order valence-corrected chi connectivity index (χ1v) is 7.39. The van der Waals surface area contributed by atoms with E-state index in [-0.39, 0.29) is 17.3 Å². The van der Waals surface area contributed by atoms with Gasteiger partial charge in [0.15, 0.2) is 5.82 Å². The first-order valence-electron chi connectivity index (χ1n) is 5.90. The molecule has 104 valence electrons. The van der Waals surface area contributed by atoms with Crippen LogP contribution < -0.4 is 10.5 Å². The molecule has 0 radical (unpaired) electrons. The SMILES string of the molecule is CCCn1cc(S(=O)(=O)N[C@@H](CC)CO)c(N)n1. The fraction of sp³-hybridized carbons (Fsp3) is 0.700. The number of nitrogens with zero attached hydrogens (tertiary/aromatic N) is 2. The van der Waals surface area contributed by atoms with Gasteiger partial charge in [0, 0.05) is 18.8 Å². The number of nitrogens with two attached hydrogens (primary N) is 1. The van der Waals surface area contributed by atoms with E-state index in [0.29, 0.717) is 13.0 Å². The van der Waals surface area contributed by atoms with Crippen LogP contribution in [0.15, 0.2) is 11.1 Å². The summed E-state index contributed by atoms with van der Waals surface area (Å²) < 4.78 is 28.0. The molecule has 0 saturated carbocycles. The van der Waals surface area contributed by atoms with Crippen LogP contribution in [0.2, 0.25) is 0 Å². The van der Waals surface area contributed by atoms with Crippen molar-refractivity contribution < 1.29 is 13.5 Å². The third kappa shape index (κ3) is 3.44. The summed E-state index contributed by atoms with van der Waals surface area (Å²) in [6, 6.07) is -0.510. The molecule has 0 unspecified atom stereocenters. The maximum atomic E-state index is 12.0. The standard InChI is InChI=1S/C10H20N4O3S/c1-3-5-14-6-9(10(11)12-14)18(16,17)13-8(4-2)7-15/h6,8,13,15H,3-5,7H2,1-2H3,(H2,11,12)/t8-/m0/s1. The van der Waals surface area contributed by atoms with Gasteiger partial charge in [-0.1, -0.05) is 13.8 Å². The molecule has 8 heteroatoms. The molecule has 1 heterocycles.